The van der Waals surface area contributed by atoms with E-state index in [2.05, 4.69) is 22.2 Å². The molecule has 0 aliphatic carbocycles. The fourth-order valence-corrected chi connectivity index (χ4v) is 2.72. The van der Waals surface area contributed by atoms with Gasteiger partial charge in [-0.15, -0.1) is 30.6 Å². The van der Waals surface area contributed by atoms with Crippen molar-refractivity contribution < 1.29 is 13.2 Å². The van der Waals surface area contributed by atoms with Crippen LogP contribution in [0.1, 0.15) is 6.42 Å². The van der Waals surface area contributed by atoms with Crippen LogP contribution >= 0.6 is 35.7 Å². The Morgan fingerprint density at radius 2 is 2.23 bits per heavy atom. The van der Waals surface area contributed by atoms with E-state index < -0.39 is 12.7 Å². The second-order valence-corrected chi connectivity index (χ2v) is 5.99. The van der Waals surface area contributed by atoms with Crippen molar-refractivity contribution in [3.8, 4) is 0 Å². The predicted molar refractivity (Wildman–Crippen MR) is 98.3 cm³/mol. The maximum atomic E-state index is 12.3. The molecule has 1 fully saturated rings. The van der Waals surface area contributed by atoms with Crippen molar-refractivity contribution in [1.29, 1.82) is 0 Å². The third kappa shape index (κ3) is 9.78. The zero-order valence-electron chi connectivity index (χ0n) is 12.7. The van der Waals surface area contributed by atoms with Gasteiger partial charge in [-0.2, -0.15) is 24.9 Å². The zero-order chi connectivity index (χ0) is 15.7. The Morgan fingerprint density at radius 1 is 1.50 bits per heavy atom. The number of nitrogens with one attached hydrogen (secondary N) is 2. The molecule has 0 aromatic heterocycles. The van der Waals surface area contributed by atoms with Crippen molar-refractivity contribution in [1.82, 2.24) is 15.5 Å². The summed E-state index contributed by atoms with van der Waals surface area (Å²) in [5.74, 6) is 2.48. The Hall–Kier alpha value is -0.160. The van der Waals surface area contributed by atoms with Crippen LogP contribution in [-0.2, 0) is 0 Å². The lowest BCUT2D eigenvalue weighted by Crippen LogP contribution is -2.45. The number of hydrogen-bond donors (Lipinski definition) is 2. The molecule has 130 valence electrons. The first-order valence-electron chi connectivity index (χ1n) is 6.89. The predicted octanol–water partition coefficient (Wildman–Crippen LogP) is 2.33. The summed E-state index contributed by atoms with van der Waals surface area (Å²) >= 11 is 1.76. The molecule has 0 radical (unpaired) electrons. The van der Waals surface area contributed by atoms with E-state index in [4.69, 9.17) is 0 Å². The van der Waals surface area contributed by atoms with E-state index in [1.165, 1.54) is 4.90 Å². The highest BCUT2D eigenvalue weighted by Gasteiger charge is 2.34. The molecule has 9 heteroatoms. The average Bonchev–Trinajstić information content (AvgIpc) is 2.82. The third-order valence-corrected chi connectivity index (χ3v) is 3.98. The van der Waals surface area contributed by atoms with Crippen LogP contribution in [-0.4, -0.2) is 67.8 Å². The average molecular weight is 452 g/mol. The van der Waals surface area contributed by atoms with Crippen LogP contribution in [0.2, 0.25) is 0 Å². The molecule has 22 heavy (non-hydrogen) atoms. The Labute approximate surface area is 151 Å². The number of aliphatic imine (C=N–C) groups is 1. The summed E-state index contributed by atoms with van der Waals surface area (Å²) in [7, 11) is 1.66. The van der Waals surface area contributed by atoms with E-state index in [0.717, 1.165) is 18.1 Å². The summed E-state index contributed by atoms with van der Waals surface area (Å²) < 4.78 is 37.0. The van der Waals surface area contributed by atoms with Gasteiger partial charge in [0.05, 0.1) is 6.54 Å². The smallest absolute Gasteiger partial charge is 0.356 e. The molecule has 1 aliphatic rings. The van der Waals surface area contributed by atoms with Crippen LogP contribution in [0, 0.1) is 0 Å². The number of alkyl halides is 3. The summed E-state index contributed by atoms with van der Waals surface area (Å²) in [5, 5.41) is 6.33. The lowest BCUT2D eigenvalue weighted by Gasteiger charge is -2.19. The summed E-state index contributed by atoms with van der Waals surface area (Å²) in [6.45, 7) is 4.43. The summed E-state index contributed by atoms with van der Waals surface area (Å²) in [6.07, 6.45) is -1.58. The van der Waals surface area contributed by atoms with Crippen molar-refractivity contribution in [2.24, 2.45) is 4.99 Å². The van der Waals surface area contributed by atoms with Crippen LogP contribution < -0.4 is 10.6 Å². The molecule has 4 nitrogen and oxygen atoms in total. The van der Waals surface area contributed by atoms with Crippen molar-refractivity contribution in [2.45, 2.75) is 18.6 Å². The molecule has 0 amide bonds. The maximum absolute atomic E-state index is 12.3. The minimum absolute atomic E-state index is 0. The number of rotatable bonds is 7. The lowest BCUT2D eigenvalue weighted by molar-refractivity contribution is -0.143. The van der Waals surface area contributed by atoms with Gasteiger partial charge in [0.2, 0.25) is 0 Å². The van der Waals surface area contributed by atoms with Crippen LogP contribution in [0.5, 0.6) is 0 Å². The largest absolute Gasteiger partial charge is 0.401 e. The second kappa shape index (κ2) is 11.4. The monoisotopic (exact) mass is 452 g/mol. The van der Waals surface area contributed by atoms with Crippen molar-refractivity contribution >= 4 is 41.7 Å². The first-order valence-corrected chi connectivity index (χ1v) is 8.05. The fraction of sp³-hybridized carbons (Fsp3) is 0.769. The van der Waals surface area contributed by atoms with Crippen molar-refractivity contribution in [3.05, 3.63) is 12.7 Å². The Balaban J connectivity index is 0.00000441. The molecule has 1 rings (SSSR count). The lowest BCUT2D eigenvalue weighted by atomic mass is 10.3. The normalized spacial score (nSPS) is 19.6. The first kappa shape index (κ1) is 21.8. The standard InChI is InChI=1S/C13H23F3N4S.HI/c1-3-7-21-8-5-18-12(17-2)19-11-4-6-20(9-11)10-13(14,15)16;/h3,11H,1,4-10H2,2H3,(H2,17,18,19);1H. The van der Waals surface area contributed by atoms with E-state index in [0.29, 0.717) is 25.5 Å². The Morgan fingerprint density at radius 3 is 2.82 bits per heavy atom. The van der Waals surface area contributed by atoms with Gasteiger partial charge in [0.25, 0.3) is 0 Å². The van der Waals surface area contributed by atoms with Gasteiger partial charge in [0.1, 0.15) is 0 Å². The molecule has 0 aromatic carbocycles. The van der Waals surface area contributed by atoms with Gasteiger partial charge in [-0.25, -0.2) is 0 Å². The zero-order valence-corrected chi connectivity index (χ0v) is 15.8. The SMILES string of the molecule is C=CCSCCNC(=NC)NC1CCN(CC(F)(F)F)C1.I. The van der Waals surface area contributed by atoms with Gasteiger partial charge >= 0.3 is 6.18 Å². The van der Waals surface area contributed by atoms with Crippen LogP contribution in [0.4, 0.5) is 13.2 Å². The minimum atomic E-state index is -4.13. The van der Waals surface area contributed by atoms with Gasteiger partial charge < -0.3 is 10.6 Å². The van der Waals surface area contributed by atoms with E-state index in [9.17, 15) is 13.2 Å². The van der Waals surface area contributed by atoms with Crippen molar-refractivity contribution in [2.75, 3.05) is 44.7 Å². The topological polar surface area (TPSA) is 39.7 Å². The molecule has 1 unspecified atom stereocenters. The molecular weight excluding hydrogens is 428 g/mol. The number of likely N-dealkylation sites (tertiary alicyclic amines) is 1. The Kier molecular flexibility index (Phi) is 11.3. The van der Waals surface area contributed by atoms with E-state index >= 15 is 0 Å². The molecule has 1 saturated heterocycles. The molecular formula is C13H24F3IN4S. The third-order valence-electron chi connectivity index (χ3n) is 3.01. The van der Waals surface area contributed by atoms with Crippen LogP contribution in [0.3, 0.4) is 0 Å². The fourth-order valence-electron chi connectivity index (χ4n) is 2.14. The number of halogens is 4. The molecule has 1 atom stereocenters. The summed E-state index contributed by atoms with van der Waals surface area (Å²) in [6, 6.07) is 0.0133. The van der Waals surface area contributed by atoms with Gasteiger partial charge in [0, 0.05) is 44.2 Å². The summed E-state index contributed by atoms with van der Waals surface area (Å²) in [5.41, 5.74) is 0. The number of thioether (sulfide) groups is 1. The molecule has 0 aromatic rings. The highest BCUT2D eigenvalue weighted by atomic mass is 127. The quantitative estimate of drug-likeness (QED) is 0.205. The highest BCUT2D eigenvalue weighted by molar-refractivity contribution is 14.0. The van der Waals surface area contributed by atoms with Gasteiger partial charge in [-0.05, 0) is 6.42 Å². The van der Waals surface area contributed by atoms with Crippen molar-refractivity contribution in [3.63, 3.8) is 0 Å². The minimum Gasteiger partial charge on any atom is -0.356 e. The highest BCUT2D eigenvalue weighted by Crippen LogP contribution is 2.19. The molecule has 0 saturated carbocycles. The molecule has 1 aliphatic heterocycles. The summed E-state index contributed by atoms with van der Waals surface area (Å²) in [4.78, 5) is 5.51. The molecule has 2 N–H and O–H groups in total. The molecule has 0 bridgehead atoms. The number of guanidine groups is 1. The molecule has 1 heterocycles. The van der Waals surface area contributed by atoms with E-state index in [-0.39, 0.29) is 30.0 Å². The van der Waals surface area contributed by atoms with E-state index in [1.807, 2.05) is 6.08 Å². The second-order valence-electron chi connectivity index (χ2n) is 4.84. The number of nitrogens with zero attached hydrogens (tertiary/aromatic N) is 2. The van der Waals surface area contributed by atoms with Gasteiger partial charge in [-0.1, -0.05) is 6.08 Å². The van der Waals surface area contributed by atoms with Crippen LogP contribution in [0.15, 0.2) is 17.6 Å². The van der Waals surface area contributed by atoms with Gasteiger partial charge in [0.15, 0.2) is 5.96 Å². The van der Waals surface area contributed by atoms with Gasteiger partial charge in [-0.3, -0.25) is 9.89 Å². The number of hydrogen-bond acceptors (Lipinski definition) is 3. The maximum Gasteiger partial charge on any atom is 0.401 e. The van der Waals surface area contributed by atoms with E-state index in [1.54, 1.807) is 18.8 Å². The molecule has 0 spiro atoms. The Bertz CT molecular complexity index is 353. The first-order chi connectivity index (χ1) is 9.94. The van der Waals surface area contributed by atoms with Crippen LogP contribution in [0.25, 0.3) is 0 Å².